The minimum absolute atomic E-state index is 0.0278. The monoisotopic (exact) mass is 317 g/mol. The number of hydrogen-bond acceptors (Lipinski definition) is 3. The van der Waals surface area contributed by atoms with E-state index in [1.54, 1.807) is 17.4 Å². The number of thiophene rings is 2. The predicted molar refractivity (Wildman–Crippen MR) is 77.1 cm³/mol. The molecule has 0 saturated heterocycles. The van der Waals surface area contributed by atoms with Crippen molar-refractivity contribution in [3.63, 3.8) is 0 Å². The molecule has 1 amide bonds. The molecule has 18 heavy (non-hydrogen) atoms. The summed E-state index contributed by atoms with van der Waals surface area (Å²) in [6, 6.07) is 3.74. The van der Waals surface area contributed by atoms with Crippen LogP contribution in [0.1, 0.15) is 20.8 Å². The van der Waals surface area contributed by atoms with E-state index >= 15 is 0 Å². The van der Waals surface area contributed by atoms with E-state index in [-0.39, 0.29) is 5.91 Å². The van der Waals surface area contributed by atoms with Gasteiger partial charge in [0.25, 0.3) is 5.91 Å². The summed E-state index contributed by atoms with van der Waals surface area (Å²) in [7, 11) is 0. The Morgan fingerprint density at radius 1 is 1.39 bits per heavy atom. The molecule has 0 radical (unpaired) electrons. The zero-order chi connectivity index (χ0) is 12.7. The van der Waals surface area contributed by atoms with Crippen LogP contribution in [0, 0.1) is 0 Å². The van der Waals surface area contributed by atoms with Gasteiger partial charge in [-0.15, -0.1) is 22.7 Å². The van der Waals surface area contributed by atoms with Crippen LogP contribution in [-0.4, -0.2) is 17.4 Å². The smallest absolute Gasteiger partial charge is 0.256 e. The number of amides is 1. The van der Waals surface area contributed by atoms with Crippen molar-refractivity contribution in [2.75, 3.05) is 6.54 Å². The van der Waals surface area contributed by atoms with Crippen LogP contribution in [0.25, 0.3) is 0 Å². The van der Waals surface area contributed by atoms with Gasteiger partial charge in [-0.2, -0.15) is 0 Å². The topological polar surface area (TPSA) is 20.3 Å². The first-order chi connectivity index (χ1) is 8.65. The van der Waals surface area contributed by atoms with E-state index in [0.717, 1.165) is 13.0 Å². The van der Waals surface area contributed by atoms with Crippen molar-refractivity contribution in [3.05, 3.63) is 42.2 Å². The highest BCUT2D eigenvalue weighted by Crippen LogP contribution is 2.33. The average Bonchev–Trinajstić information content (AvgIpc) is 2.93. The summed E-state index contributed by atoms with van der Waals surface area (Å²) in [5.41, 5.74) is 1.77. The van der Waals surface area contributed by atoms with Gasteiger partial charge < -0.3 is 4.90 Å². The van der Waals surface area contributed by atoms with Crippen LogP contribution in [0.5, 0.6) is 0 Å². The molecule has 0 spiro atoms. The van der Waals surface area contributed by atoms with Gasteiger partial charge in [-0.25, -0.2) is 0 Å². The third kappa shape index (κ3) is 2.18. The summed E-state index contributed by atoms with van der Waals surface area (Å²) in [4.78, 5) is 15.6. The summed E-state index contributed by atoms with van der Waals surface area (Å²) in [6.07, 6.45) is 0.925. The molecule has 0 aromatic carbocycles. The van der Waals surface area contributed by atoms with Gasteiger partial charge in [-0.1, -0.05) is 23.2 Å². The molecular weight excluding hydrogens is 309 g/mol. The predicted octanol–water partition coefficient (Wildman–Crippen LogP) is 4.31. The second-order valence-electron chi connectivity index (χ2n) is 4.08. The van der Waals surface area contributed by atoms with E-state index in [1.165, 1.54) is 21.8 Å². The van der Waals surface area contributed by atoms with Crippen LogP contribution in [-0.2, 0) is 13.0 Å². The fourth-order valence-corrected chi connectivity index (χ4v) is 4.42. The Morgan fingerprint density at radius 3 is 2.94 bits per heavy atom. The summed E-state index contributed by atoms with van der Waals surface area (Å²) in [5, 5.41) is 2.08. The molecule has 3 rings (SSSR count). The molecule has 94 valence electrons. The van der Waals surface area contributed by atoms with Gasteiger partial charge in [0.1, 0.15) is 4.34 Å². The number of nitrogens with zero attached hydrogens (tertiary/aromatic N) is 1. The molecule has 0 aliphatic carbocycles. The minimum Gasteiger partial charge on any atom is -0.334 e. The third-order valence-electron chi connectivity index (χ3n) is 2.98. The zero-order valence-corrected chi connectivity index (χ0v) is 12.4. The maximum atomic E-state index is 12.4. The van der Waals surface area contributed by atoms with Crippen LogP contribution in [0.4, 0.5) is 0 Å². The van der Waals surface area contributed by atoms with Gasteiger partial charge in [-0.05, 0) is 29.5 Å². The van der Waals surface area contributed by atoms with Crippen LogP contribution >= 0.6 is 45.9 Å². The Labute approximate surface area is 123 Å². The molecule has 2 nitrogen and oxygen atoms in total. The van der Waals surface area contributed by atoms with Gasteiger partial charge in [0.15, 0.2) is 0 Å². The average molecular weight is 318 g/mol. The lowest BCUT2D eigenvalue weighted by atomic mass is 10.1. The fourth-order valence-electron chi connectivity index (χ4n) is 2.08. The van der Waals surface area contributed by atoms with Crippen molar-refractivity contribution in [2.24, 2.45) is 0 Å². The normalized spacial score (nSPS) is 14.7. The maximum Gasteiger partial charge on any atom is 0.256 e. The molecule has 1 aliphatic rings. The lowest BCUT2D eigenvalue weighted by molar-refractivity contribution is 0.0736. The van der Waals surface area contributed by atoms with E-state index in [4.69, 9.17) is 23.2 Å². The van der Waals surface area contributed by atoms with Crippen LogP contribution < -0.4 is 0 Å². The molecular formula is C12H9Cl2NOS2. The van der Waals surface area contributed by atoms with E-state index in [9.17, 15) is 4.79 Å². The molecule has 0 N–H and O–H groups in total. The highest BCUT2D eigenvalue weighted by atomic mass is 35.5. The summed E-state index contributed by atoms with van der Waals surface area (Å²) < 4.78 is 1.03. The number of halogens is 2. The van der Waals surface area contributed by atoms with E-state index < -0.39 is 0 Å². The van der Waals surface area contributed by atoms with E-state index in [0.29, 0.717) is 20.8 Å². The van der Waals surface area contributed by atoms with Crippen molar-refractivity contribution in [1.82, 2.24) is 4.90 Å². The number of carbonyl (C=O) groups is 1. The Bertz CT molecular complexity index is 605. The molecule has 0 unspecified atom stereocenters. The van der Waals surface area contributed by atoms with Gasteiger partial charge in [0, 0.05) is 18.0 Å². The summed E-state index contributed by atoms with van der Waals surface area (Å²) in [5.74, 6) is -0.0278. The lowest BCUT2D eigenvalue weighted by Crippen LogP contribution is -2.35. The number of rotatable bonds is 1. The first-order valence-electron chi connectivity index (χ1n) is 5.44. The molecule has 0 bridgehead atoms. The first-order valence-corrected chi connectivity index (χ1v) is 7.89. The zero-order valence-electron chi connectivity index (χ0n) is 9.28. The SMILES string of the molecule is O=C(c1cc(Cl)sc1Cl)N1CCc2sccc2C1. The van der Waals surface area contributed by atoms with Crippen molar-refractivity contribution < 1.29 is 4.79 Å². The van der Waals surface area contributed by atoms with Crippen LogP contribution in [0.15, 0.2) is 17.5 Å². The second kappa shape index (κ2) is 4.85. The maximum absolute atomic E-state index is 12.4. The van der Waals surface area contributed by atoms with Gasteiger partial charge >= 0.3 is 0 Å². The van der Waals surface area contributed by atoms with Crippen molar-refractivity contribution in [3.8, 4) is 0 Å². The lowest BCUT2D eigenvalue weighted by Gasteiger charge is -2.26. The van der Waals surface area contributed by atoms with Crippen molar-refractivity contribution >= 4 is 51.8 Å². The fraction of sp³-hybridized carbons (Fsp3) is 0.250. The van der Waals surface area contributed by atoms with Crippen molar-refractivity contribution in [1.29, 1.82) is 0 Å². The number of hydrogen-bond donors (Lipinski definition) is 0. The number of fused-ring (bicyclic) bond motifs is 1. The minimum atomic E-state index is -0.0278. The van der Waals surface area contributed by atoms with E-state index in [1.807, 2.05) is 4.90 Å². The van der Waals surface area contributed by atoms with Crippen LogP contribution in [0.3, 0.4) is 0 Å². The second-order valence-corrected chi connectivity index (χ2v) is 7.37. The first kappa shape index (κ1) is 12.5. The standard InChI is InChI=1S/C12H9Cl2NOS2/c13-10-5-8(11(14)18-10)12(16)15-3-1-9-7(6-15)2-4-17-9/h2,4-5H,1,3,6H2. The van der Waals surface area contributed by atoms with E-state index in [2.05, 4.69) is 11.4 Å². The molecule has 0 saturated carbocycles. The quantitative estimate of drug-likeness (QED) is 0.767. The molecule has 6 heteroatoms. The van der Waals surface area contributed by atoms with Crippen LogP contribution in [0.2, 0.25) is 8.67 Å². The largest absolute Gasteiger partial charge is 0.334 e. The molecule has 0 fully saturated rings. The van der Waals surface area contributed by atoms with Gasteiger partial charge in [0.05, 0.1) is 9.90 Å². The van der Waals surface area contributed by atoms with Crippen molar-refractivity contribution in [2.45, 2.75) is 13.0 Å². The molecule has 0 atom stereocenters. The Balaban J connectivity index is 1.85. The molecule has 1 aliphatic heterocycles. The summed E-state index contributed by atoms with van der Waals surface area (Å²) in [6.45, 7) is 1.41. The Kier molecular flexibility index (Phi) is 3.36. The Hall–Kier alpha value is -0.550. The number of carbonyl (C=O) groups excluding carboxylic acids is 1. The highest BCUT2D eigenvalue weighted by molar-refractivity contribution is 7.20. The van der Waals surface area contributed by atoms with Gasteiger partial charge in [-0.3, -0.25) is 4.79 Å². The molecule has 2 aromatic heterocycles. The molecule has 3 heterocycles. The molecule has 2 aromatic rings. The highest BCUT2D eigenvalue weighted by Gasteiger charge is 2.25. The van der Waals surface area contributed by atoms with Gasteiger partial charge in [0.2, 0.25) is 0 Å². The summed E-state index contributed by atoms with van der Waals surface area (Å²) >= 11 is 14.9. The third-order valence-corrected chi connectivity index (χ3v) is 5.49. The Morgan fingerprint density at radius 2 is 2.22 bits per heavy atom.